The van der Waals surface area contributed by atoms with Gasteiger partial charge in [0.15, 0.2) is 0 Å². The van der Waals surface area contributed by atoms with Crippen molar-refractivity contribution in [3.8, 4) is 0 Å². The zero-order valence-corrected chi connectivity index (χ0v) is 11.1. The molecule has 0 aromatic rings. The summed E-state index contributed by atoms with van der Waals surface area (Å²) >= 11 is 0. The molecular weight excluding hydrogens is 237 g/mol. The van der Waals surface area contributed by atoms with Crippen LogP contribution in [-0.4, -0.2) is 40.6 Å². The summed E-state index contributed by atoms with van der Waals surface area (Å²) in [4.78, 5) is 24.4. The number of hydrogen-bond acceptors (Lipinski definition) is 2. The Balaban J connectivity index is 2.60. The van der Waals surface area contributed by atoms with Gasteiger partial charge in [-0.15, -0.1) is 0 Å². The summed E-state index contributed by atoms with van der Waals surface area (Å²) in [7, 11) is 0. The number of amides is 1. The van der Waals surface area contributed by atoms with Crippen LogP contribution in [0.4, 0.5) is 4.39 Å². The van der Waals surface area contributed by atoms with Gasteiger partial charge in [-0.1, -0.05) is 0 Å². The molecule has 104 valence electrons. The highest BCUT2D eigenvalue weighted by Gasteiger charge is 2.31. The summed E-state index contributed by atoms with van der Waals surface area (Å²) in [6.07, 6.45) is 1.34. The molecule has 1 rings (SSSR count). The molecule has 0 heterocycles. The molecular formula is C13H22FNO3. The van der Waals surface area contributed by atoms with Crippen LogP contribution in [-0.2, 0) is 9.59 Å². The number of aliphatic carboxylic acids is 1. The third kappa shape index (κ3) is 4.27. The number of rotatable bonds is 5. The predicted molar refractivity (Wildman–Crippen MR) is 66.0 cm³/mol. The van der Waals surface area contributed by atoms with E-state index in [-0.39, 0.29) is 37.3 Å². The SMILES string of the molecule is CC(C)N(CCC(=O)O)C(=O)C1CCCC(F)C1. The highest BCUT2D eigenvalue weighted by molar-refractivity contribution is 5.80. The van der Waals surface area contributed by atoms with Crippen molar-refractivity contribution in [2.75, 3.05) is 6.54 Å². The van der Waals surface area contributed by atoms with Gasteiger partial charge in [-0.2, -0.15) is 0 Å². The summed E-state index contributed by atoms with van der Waals surface area (Å²) in [5.41, 5.74) is 0. The smallest absolute Gasteiger partial charge is 0.305 e. The van der Waals surface area contributed by atoms with E-state index in [4.69, 9.17) is 5.11 Å². The molecule has 0 aromatic carbocycles. The van der Waals surface area contributed by atoms with Crippen LogP contribution < -0.4 is 0 Å². The minimum absolute atomic E-state index is 0.0446. The summed E-state index contributed by atoms with van der Waals surface area (Å²) < 4.78 is 13.3. The fourth-order valence-corrected chi connectivity index (χ4v) is 2.43. The molecule has 0 saturated heterocycles. The Bertz CT molecular complexity index is 307. The van der Waals surface area contributed by atoms with E-state index < -0.39 is 12.1 Å². The first-order chi connectivity index (χ1) is 8.41. The van der Waals surface area contributed by atoms with E-state index in [1.54, 1.807) is 4.90 Å². The van der Waals surface area contributed by atoms with Gasteiger partial charge in [0.1, 0.15) is 6.17 Å². The number of hydrogen-bond donors (Lipinski definition) is 1. The average molecular weight is 259 g/mol. The van der Waals surface area contributed by atoms with Gasteiger partial charge in [0.2, 0.25) is 5.91 Å². The molecule has 0 spiro atoms. The van der Waals surface area contributed by atoms with E-state index in [9.17, 15) is 14.0 Å². The van der Waals surface area contributed by atoms with E-state index in [1.165, 1.54) is 0 Å². The van der Waals surface area contributed by atoms with Crippen molar-refractivity contribution in [2.24, 2.45) is 5.92 Å². The predicted octanol–water partition coefficient (Wildman–Crippen LogP) is 2.23. The standard InChI is InChI=1S/C13H22FNO3/c1-9(2)15(7-6-12(16)17)13(18)10-4-3-5-11(14)8-10/h9-11H,3-8H2,1-2H3,(H,16,17). The molecule has 1 N–H and O–H groups in total. The van der Waals surface area contributed by atoms with Crippen LogP contribution in [0.1, 0.15) is 46.0 Å². The van der Waals surface area contributed by atoms with Crippen molar-refractivity contribution in [1.82, 2.24) is 4.90 Å². The Hall–Kier alpha value is -1.13. The first kappa shape index (κ1) is 14.9. The van der Waals surface area contributed by atoms with Gasteiger partial charge in [-0.25, -0.2) is 4.39 Å². The molecule has 2 atom stereocenters. The van der Waals surface area contributed by atoms with Gasteiger partial charge in [0, 0.05) is 18.5 Å². The van der Waals surface area contributed by atoms with Crippen LogP contribution in [0.5, 0.6) is 0 Å². The molecule has 1 fully saturated rings. The fraction of sp³-hybridized carbons (Fsp3) is 0.846. The normalized spacial score (nSPS) is 24.0. The van der Waals surface area contributed by atoms with Gasteiger partial charge >= 0.3 is 5.97 Å². The minimum atomic E-state index is -0.916. The molecule has 1 saturated carbocycles. The number of alkyl halides is 1. The number of nitrogens with zero attached hydrogens (tertiary/aromatic N) is 1. The number of carboxylic acid groups (broad SMARTS) is 1. The van der Waals surface area contributed by atoms with Crippen molar-refractivity contribution in [2.45, 2.75) is 58.2 Å². The van der Waals surface area contributed by atoms with Gasteiger partial charge in [-0.05, 0) is 39.5 Å². The van der Waals surface area contributed by atoms with Crippen LogP contribution in [0.15, 0.2) is 0 Å². The topological polar surface area (TPSA) is 57.6 Å². The molecule has 2 unspecified atom stereocenters. The van der Waals surface area contributed by atoms with Crippen molar-refractivity contribution < 1.29 is 19.1 Å². The van der Waals surface area contributed by atoms with E-state index >= 15 is 0 Å². The number of halogens is 1. The van der Waals surface area contributed by atoms with Crippen LogP contribution >= 0.6 is 0 Å². The Kier molecular flexibility index (Phi) is 5.56. The monoisotopic (exact) mass is 259 g/mol. The molecule has 1 aliphatic rings. The van der Waals surface area contributed by atoms with E-state index in [0.29, 0.717) is 6.42 Å². The van der Waals surface area contributed by atoms with Gasteiger partial charge in [0.25, 0.3) is 0 Å². The lowest BCUT2D eigenvalue weighted by Gasteiger charge is -2.32. The molecule has 0 aliphatic heterocycles. The first-order valence-electron chi connectivity index (χ1n) is 6.58. The van der Waals surface area contributed by atoms with Gasteiger partial charge in [0.05, 0.1) is 6.42 Å². The van der Waals surface area contributed by atoms with Gasteiger partial charge in [-0.3, -0.25) is 9.59 Å². The second-order valence-electron chi connectivity index (χ2n) is 5.23. The third-order valence-corrected chi connectivity index (χ3v) is 3.43. The summed E-state index contributed by atoms with van der Waals surface area (Å²) in [6, 6.07) is -0.0446. The fourth-order valence-electron chi connectivity index (χ4n) is 2.43. The zero-order chi connectivity index (χ0) is 13.7. The van der Waals surface area contributed by atoms with E-state index in [0.717, 1.165) is 12.8 Å². The first-order valence-corrected chi connectivity index (χ1v) is 6.58. The Morgan fingerprint density at radius 3 is 2.56 bits per heavy atom. The van der Waals surface area contributed by atoms with Crippen LogP contribution in [0, 0.1) is 5.92 Å². The Morgan fingerprint density at radius 2 is 2.06 bits per heavy atom. The lowest BCUT2D eigenvalue weighted by atomic mass is 9.86. The van der Waals surface area contributed by atoms with E-state index in [1.807, 2.05) is 13.8 Å². The number of carboxylic acids is 1. The van der Waals surface area contributed by atoms with Crippen LogP contribution in [0.25, 0.3) is 0 Å². The molecule has 0 aromatic heterocycles. The number of carbonyl (C=O) groups excluding carboxylic acids is 1. The molecule has 1 amide bonds. The maximum atomic E-state index is 13.3. The molecule has 4 nitrogen and oxygen atoms in total. The lowest BCUT2D eigenvalue weighted by Crippen LogP contribution is -2.43. The van der Waals surface area contributed by atoms with Crippen molar-refractivity contribution in [1.29, 1.82) is 0 Å². The summed E-state index contributed by atoms with van der Waals surface area (Å²) in [5.74, 6) is -1.28. The second-order valence-corrected chi connectivity index (χ2v) is 5.23. The van der Waals surface area contributed by atoms with Crippen LogP contribution in [0.2, 0.25) is 0 Å². The van der Waals surface area contributed by atoms with Crippen molar-refractivity contribution in [3.05, 3.63) is 0 Å². The minimum Gasteiger partial charge on any atom is -0.481 e. The largest absolute Gasteiger partial charge is 0.481 e. The summed E-state index contributed by atoms with van der Waals surface area (Å²) in [5, 5.41) is 8.68. The van der Waals surface area contributed by atoms with E-state index in [2.05, 4.69) is 0 Å². The van der Waals surface area contributed by atoms with Gasteiger partial charge < -0.3 is 10.0 Å². The maximum Gasteiger partial charge on any atom is 0.305 e. The van der Waals surface area contributed by atoms with Crippen molar-refractivity contribution in [3.63, 3.8) is 0 Å². The molecule has 0 bridgehead atoms. The maximum absolute atomic E-state index is 13.3. The molecule has 18 heavy (non-hydrogen) atoms. The molecule has 0 radical (unpaired) electrons. The number of carbonyl (C=O) groups is 2. The Labute approximate surface area is 107 Å². The highest BCUT2D eigenvalue weighted by atomic mass is 19.1. The van der Waals surface area contributed by atoms with Crippen molar-refractivity contribution >= 4 is 11.9 Å². The zero-order valence-electron chi connectivity index (χ0n) is 11.1. The highest BCUT2D eigenvalue weighted by Crippen LogP contribution is 2.28. The second kappa shape index (κ2) is 6.71. The lowest BCUT2D eigenvalue weighted by molar-refractivity contribution is -0.141. The third-order valence-electron chi connectivity index (χ3n) is 3.43. The molecule has 5 heteroatoms. The molecule has 1 aliphatic carbocycles. The Morgan fingerprint density at radius 1 is 1.39 bits per heavy atom. The summed E-state index contributed by atoms with van der Waals surface area (Å²) in [6.45, 7) is 3.92. The quantitative estimate of drug-likeness (QED) is 0.823. The average Bonchev–Trinajstić information content (AvgIpc) is 2.28. The van der Waals surface area contributed by atoms with Crippen LogP contribution in [0.3, 0.4) is 0 Å².